The van der Waals surface area contributed by atoms with E-state index in [1.165, 1.54) is 15.3 Å². The molecule has 2 aromatic rings. The van der Waals surface area contributed by atoms with E-state index in [-0.39, 0.29) is 0 Å². The van der Waals surface area contributed by atoms with Gasteiger partial charge in [-0.25, -0.2) is 0 Å². The second-order valence-electron chi connectivity index (χ2n) is 4.32. The Balaban J connectivity index is 1.97. The molecule has 0 aliphatic rings. The minimum absolute atomic E-state index is 0.592. The van der Waals surface area contributed by atoms with Gasteiger partial charge >= 0.3 is 0 Å². The Hall–Kier alpha value is -1.03. The topological polar surface area (TPSA) is 21.3 Å². The number of thiophene rings is 1. The lowest BCUT2D eigenvalue weighted by atomic mass is 10.2. The predicted molar refractivity (Wildman–Crippen MR) is 82.2 cm³/mol. The van der Waals surface area contributed by atoms with Gasteiger partial charge in [-0.2, -0.15) is 0 Å². The molecule has 0 saturated heterocycles. The summed E-state index contributed by atoms with van der Waals surface area (Å²) in [5.41, 5.74) is 1.25. The lowest BCUT2D eigenvalue weighted by Gasteiger charge is -2.05. The molecule has 0 saturated carbocycles. The molecular formula is C15H18ClNOS. The predicted octanol–water partition coefficient (Wildman–Crippen LogP) is 4.40. The van der Waals surface area contributed by atoms with E-state index in [0.29, 0.717) is 11.6 Å². The van der Waals surface area contributed by atoms with Crippen LogP contribution in [0.3, 0.4) is 0 Å². The molecule has 0 spiro atoms. The standard InChI is InChI=1S/C15H18ClNOS/c1-3-17-9-15-7-12(11(2)19-15)10-18-14-6-4-5-13(16)8-14/h4-8,17H,3,9-10H2,1-2H3. The number of hydrogen-bond acceptors (Lipinski definition) is 3. The van der Waals surface area contributed by atoms with Crippen molar-refractivity contribution < 1.29 is 4.74 Å². The zero-order valence-corrected chi connectivity index (χ0v) is 12.8. The number of benzene rings is 1. The molecule has 2 nitrogen and oxygen atoms in total. The highest BCUT2D eigenvalue weighted by atomic mass is 35.5. The number of halogens is 1. The monoisotopic (exact) mass is 295 g/mol. The molecule has 1 N–H and O–H groups in total. The summed E-state index contributed by atoms with van der Waals surface area (Å²) in [5, 5.41) is 4.04. The largest absolute Gasteiger partial charge is 0.489 e. The summed E-state index contributed by atoms with van der Waals surface area (Å²) in [7, 11) is 0. The van der Waals surface area contributed by atoms with E-state index >= 15 is 0 Å². The van der Waals surface area contributed by atoms with Crippen molar-refractivity contribution in [3.63, 3.8) is 0 Å². The molecule has 1 heterocycles. The zero-order chi connectivity index (χ0) is 13.7. The van der Waals surface area contributed by atoms with E-state index in [1.54, 1.807) is 0 Å². The molecule has 0 amide bonds. The Kier molecular flexibility index (Phi) is 5.25. The van der Waals surface area contributed by atoms with Crippen LogP contribution in [0.15, 0.2) is 30.3 Å². The number of rotatable bonds is 6. The van der Waals surface area contributed by atoms with E-state index in [9.17, 15) is 0 Å². The average molecular weight is 296 g/mol. The highest BCUT2D eigenvalue weighted by Crippen LogP contribution is 2.24. The van der Waals surface area contributed by atoms with Gasteiger partial charge in [0.05, 0.1) is 0 Å². The summed E-state index contributed by atoms with van der Waals surface area (Å²) in [6, 6.07) is 9.72. The van der Waals surface area contributed by atoms with Crippen LogP contribution in [0.5, 0.6) is 5.75 Å². The molecule has 0 bridgehead atoms. The third-order valence-electron chi connectivity index (χ3n) is 2.81. The minimum atomic E-state index is 0.592. The number of aryl methyl sites for hydroxylation is 1. The first kappa shape index (κ1) is 14.4. The van der Waals surface area contributed by atoms with Crippen LogP contribution in [0.2, 0.25) is 5.02 Å². The molecular weight excluding hydrogens is 278 g/mol. The first-order valence-electron chi connectivity index (χ1n) is 6.36. The second kappa shape index (κ2) is 6.94. The highest BCUT2D eigenvalue weighted by Gasteiger charge is 2.06. The van der Waals surface area contributed by atoms with Crippen molar-refractivity contribution in [3.8, 4) is 5.75 Å². The van der Waals surface area contributed by atoms with Crippen LogP contribution in [-0.4, -0.2) is 6.54 Å². The molecule has 0 aliphatic carbocycles. The average Bonchev–Trinajstić information content (AvgIpc) is 2.75. The molecule has 102 valence electrons. The lowest BCUT2D eigenvalue weighted by molar-refractivity contribution is 0.306. The summed E-state index contributed by atoms with van der Waals surface area (Å²) in [4.78, 5) is 2.67. The molecule has 0 unspecified atom stereocenters. The molecule has 19 heavy (non-hydrogen) atoms. The van der Waals surface area contributed by atoms with Crippen molar-refractivity contribution in [2.24, 2.45) is 0 Å². The normalized spacial score (nSPS) is 10.7. The molecule has 0 atom stereocenters. The van der Waals surface area contributed by atoms with Crippen molar-refractivity contribution in [2.75, 3.05) is 6.54 Å². The maximum atomic E-state index is 5.93. The van der Waals surface area contributed by atoms with Gasteiger partial charge in [0.1, 0.15) is 12.4 Å². The van der Waals surface area contributed by atoms with Crippen molar-refractivity contribution in [2.45, 2.75) is 27.0 Å². The van der Waals surface area contributed by atoms with Gasteiger partial charge in [-0.3, -0.25) is 0 Å². The van der Waals surface area contributed by atoms with E-state index in [1.807, 2.05) is 35.6 Å². The fourth-order valence-corrected chi connectivity index (χ4v) is 2.98. The van der Waals surface area contributed by atoms with E-state index in [4.69, 9.17) is 16.3 Å². The fraction of sp³-hybridized carbons (Fsp3) is 0.333. The SMILES string of the molecule is CCNCc1cc(COc2cccc(Cl)c2)c(C)s1. The molecule has 0 fully saturated rings. The maximum Gasteiger partial charge on any atom is 0.121 e. The third-order valence-corrected chi connectivity index (χ3v) is 4.14. The molecule has 0 radical (unpaired) electrons. The summed E-state index contributed by atoms with van der Waals surface area (Å²) in [6.07, 6.45) is 0. The molecule has 1 aromatic heterocycles. The van der Waals surface area contributed by atoms with Gasteiger partial charge in [0.15, 0.2) is 0 Å². The Labute approximate surface area is 123 Å². The summed E-state index contributed by atoms with van der Waals surface area (Å²) < 4.78 is 5.77. The Morgan fingerprint density at radius 2 is 2.16 bits per heavy atom. The molecule has 1 aromatic carbocycles. The maximum absolute atomic E-state index is 5.93. The van der Waals surface area contributed by atoms with Crippen molar-refractivity contribution in [3.05, 3.63) is 50.7 Å². The van der Waals surface area contributed by atoms with Crippen LogP contribution >= 0.6 is 22.9 Å². The number of nitrogens with one attached hydrogen (secondary N) is 1. The third kappa shape index (κ3) is 4.23. The van der Waals surface area contributed by atoms with Gasteiger partial charge < -0.3 is 10.1 Å². The number of ether oxygens (including phenoxy) is 1. The summed E-state index contributed by atoms with van der Waals surface area (Å²) in [5.74, 6) is 0.811. The van der Waals surface area contributed by atoms with Crippen LogP contribution in [-0.2, 0) is 13.2 Å². The Bertz CT molecular complexity index is 539. The molecule has 4 heteroatoms. The lowest BCUT2D eigenvalue weighted by Crippen LogP contribution is -2.10. The number of hydrogen-bond donors (Lipinski definition) is 1. The quantitative estimate of drug-likeness (QED) is 0.853. The highest BCUT2D eigenvalue weighted by molar-refractivity contribution is 7.12. The Morgan fingerprint density at radius 1 is 1.32 bits per heavy atom. The van der Waals surface area contributed by atoms with Gasteiger partial charge in [0.2, 0.25) is 0 Å². The van der Waals surface area contributed by atoms with E-state index < -0.39 is 0 Å². The molecule has 2 rings (SSSR count). The second-order valence-corrected chi connectivity index (χ2v) is 6.10. The zero-order valence-electron chi connectivity index (χ0n) is 11.2. The van der Waals surface area contributed by atoms with Crippen molar-refractivity contribution in [1.29, 1.82) is 0 Å². The van der Waals surface area contributed by atoms with E-state index in [0.717, 1.165) is 18.8 Å². The van der Waals surface area contributed by atoms with Crippen LogP contribution < -0.4 is 10.1 Å². The van der Waals surface area contributed by atoms with Crippen LogP contribution in [0.1, 0.15) is 22.2 Å². The molecule has 0 aliphatic heterocycles. The van der Waals surface area contributed by atoms with E-state index in [2.05, 4.69) is 25.2 Å². The Morgan fingerprint density at radius 3 is 2.89 bits per heavy atom. The van der Waals surface area contributed by atoms with Gasteiger partial charge in [-0.05, 0) is 37.7 Å². The van der Waals surface area contributed by atoms with Crippen LogP contribution in [0.25, 0.3) is 0 Å². The van der Waals surface area contributed by atoms with Crippen molar-refractivity contribution in [1.82, 2.24) is 5.32 Å². The first-order valence-corrected chi connectivity index (χ1v) is 7.55. The summed E-state index contributed by atoms with van der Waals surface area (Å²) in [6.45, 7) is 6.76. The fourth-order valence-electron chi connectivity index (χ4n) is 1.78. The van der Waals surface area contributed by atoms with Gasteiger partial charge in [-0.1, -0.05) is 24.6 Å². The van der Waals surface area contributed by atoms with Gasteiger partial charge in [0, 0.05) is 26.9 Å². The van der Waals surface area contributed by atoms with Crippen LogP contribution in [0.4, 0.5) is 0 Å². The first-order chi connectivity index (χ1) is 9.19. The van der Waals surface area contributed by atoms with Crippen molar-refractivity contribution >= 4 is 22.9 Å². The van der Waals surface area contributed by atoms with Gasteiger partial charge in [0.25, 0.3) is 0 Å². The minimum Gasteiger partial charge on any atom is -0.489 e. The van der Waals surface area contributed by atoms with Gasteiger partial charge in [-0.15, -0.1) is 11.3 Å². The summed E-state index contributed by atoms with van der Waals surface area (Å²) >= 11 is 7.76. The smallest absolute Gasteiger partial charge is 0.121 e. The van der Waals surface area contributed by atoms with Crippen LogP contribution in [0, 0.1) is 6.92 Å².